The maximum atomic E-state index is 12.9. The highest BCUT2D eigenvalue weighted by Crippen LogP contribution is 2.21. The van der Waals surface area contributed by atoms with E-state index in [0.717, 1.165) is 29.2 Å². The van der Waals surface area contributed by atoms with Crippen molar-refractivity contribution in [2.75, 3.05) is 7.05 Å². The summed E-state index contributed by atoms with van der Waals surface area (Å²) >= 11 is 0. The number of amides is 2. The molecular weight excluding hydrogens is 336 g/mol. The van der Waals surface area contributed by atoms with Crippen molar-refractivity contribution in [3.63, 3.8) is 0 Å². The van der Waals surface area contributed by atoms with Crippen LogP contribution in [0.25, 0.3) is 10.8 Å². The van der Waals surface area contributed by atoms with Gasteiger partial charge in [-0.1, -0.05) is 48.5 Å². The van der Waals surface area contributed by atoms with Gasteiger partial charge in [0.2, 0.25) is 0 Å². The summed E-state index contributed by atoms with van der Waals surface area (Å²) in [7, 11) is 1.80. The van der Waals surface area contributed by atoms with E-state index in [1.807, 2.05) is 66.7 Å². The molecule has 0 unspecified atom stereocenters. The molecule has 0 atom stereocenters. The zero-order valence-corrected chi connectivity index (χ0v) is 15.3. The second-order valence-corrected chi connectivity index (χ2v) is 7.13. The Hall–Kier alpha value is -3.14. The Bertz CT molecular complexity index is 985. The SMILES string of the molecule is CN(Cc1ccc(C(=O)NC2CC2)cc1)C(=O)c1cccc2ccccc12. The molecule has 0 heterocycles. The first-order valence-corrected chi connectivity index (χ1v) is 9.25. The van der Waals surface area contributed by atoms with Gasteiger partial charge in [0.15, 0.2) is 0 Å². The first kappa shape index (κ1) is 17.3. The highest BCUT2D eigenvalue weighted by molar-refractivity contribution is 6.06. The Balaban J connectivity index is 1.47. The van der Waals surface area contributed by atoms with Gasteiger partial charge >= 0.3 is 0 Å². The molecule has 1 saturated carbocycles. The fourth-order valence-electron chi connectivity index (χ4n) is 3.22. The lowest BCUT2D eigenvalue weighted by atomic mass is 10.0. The third-order valence-corrected chi connectivity index (χ3v) is 4.92. The zero-order valence-electron chi connectivity index (χ0n) is 15.3. The molecule has 0 saturated heterocycles. The number of nitrogens with one attached hydrogen (secondary N) is 1. The van der Waals surface area contributed by atoms with Crippen molar-refractivity contribution >= 4 is 22.6 Å². The number of fused-ring (bicyclic) bond motifs is 1. The van der Waals surface area contributed by atoms with E-state index in [1.165, 1.54) is 0 Å². The molecule has 3 aromatic carbocycles. The van der Waals surface area contributed by atoms with Gasteiger partial charge in [-0.3, -0.25) is 9.59 Å². The molecule has 0 aliphatic heterocycles. The van der Waals surface area contributed by atoms with E-state index in [2.05, 4.69) is 5.32 Å². The van der Waals surface area contributed by atoms with Crippen LogP contribution in [0.5, 0.6) is 0 Å². The van der Waals surface area contributed by atoms with E-state index in [9.17, 15) is 9.59 Å². The number of nitrogens with zero attached hydrogens (tertiary/aromatic N) is 1. The average molecular weight is 358 g/mol. The van der Waals surface area contributed by atoms with Crippen LogP contribution in [0, 0.1) is 0 Å². The molecule has 1 aliphatic carbocycles. The number of carbonyl (C=O) groups is 2. The van der Waals surface area contributed by atoms with Gasteiger partial charge in [0.1, 0.15) is 0 Å². The van der Waals surface area contributed by atoms with Crippen molar-refractivity contribution in [2.45, 2.75) is 25.4 Å². The molecule has 4 rings (SSSR count). The van der Waals surface area contributed by atoms with Crippen LogP contribution in [0.3, 0.4) is 0 Å². The van der Waals surface area contributed by atoms with Gasteiger partial charge in [0.05, 0.1) is 0 Å². The second-order valence-electron chi connectivity index (χ2n) is 7.13. The van der Waals surface area contributed by atoms with Crippen molar-refractivity contribution in [1.82, 2.24) is 10.2 Å². The van der Waals surface area contributed by atoms with Crippen LogP contribution in [0.4, 0.5) is 0 Å². The molecule has 1 N–H and O–H groups in total. The number of hydrogen-bond donors (Lipinski definition) is 1. The quantitative estimate of drug-likeness (QED) is 0.749. The van der Waals surface area contributed by atoms with Crippen molar-refractivity contribution in [2.24, 2.45) is 0 Å². The van der Waals surface area contributed by atoms with Crippen LogP contribution >= 0.6 is 0 Å². The Morgan fingerprint density at radius 3 is 2.41 bits per heavy atom. The minimum Gasteiger partial charge on any atom is -0.349 e. The van der Waals surface area contributed by atoms with Gasteiger partial charge in [0, 0.05) is 30.8 Å². The van der Waals surface area contributed by atoms with Crippen molar-refractivity contribution in [3.8, 4) is 0 Å². The minimum absolute atomic E-state index is 0.0117. The summed E-state index contributed by atoms with van der Waals surface area (Å²) in [6.45, 7) is 0.493. The van der Waals surface area contributed by atoms with Crippen LogP contribution in [-0.4, -0.2) is 29.8 Å². The molecule has 0 spiro atoms. The van der Waals surface area contributed by atoms with E-state index in [-0.39, 0.29) is 11.8 Å². The summed E-state index contributed by atoms with van der Waals surface area (Å²) in [5.74, 6) is -0.0356. The highest BCUT2D eigenvalue weighted by atomic mass is 16.2. The van der Waals surface area contributed by atoms with Crippen molar-refractivity contribution in [1.29, 1.82) is 0 Å². The Morgan fingerprint density at radius 1 is 0.963 bits per heavy atom. The first-order chi connectivity index (χ1) is 13.1. The molecule has 1 aliphatic rings. The molecule has 1 fully saturated rings. The molecule has 0 radical (unpaired) electrons. The summed E-state index contributed by atoms with van der Waals surface area (Å²) in [5, 5.41) is 5.00. The van der Waals surface area contributed by atoms with Crippen LogP contribution in [0.15, 0.2) is 66.7 Å². The van der Waals surface area contributed by atoms with E-state index in [4.69, 9.17) is 0 Å². The molecule has 27 heavy (non-hydrogen) atoms. The lowest BCUT2D eigenvalue weighted by molar-refractivity contribution is 0.0786. The fourth-order valence-corrected chi connectivity index (χ4v) is 3.22. The topological polar surface area (TPSA) is 49.4 Å². The average Bonchev–Trinajstić information content (AvgIpc) is 3.51. The van der Waals surface area contributed by atoms with Crippen LogP contribution in [0.2, 0.25) is 0 Å². The van der Waals surface area contributed by atoms with Gasteiger partial charge in [-0.05, 0) is 47.4 Å². The summed E-state index contributed by atoms with van der Waals surface area (Å²) in [6, 6.07) is 21.5. The van der Waals surface area contributed by atoms with E-state index >= 15 is 0 Å². The largest absolute Gasteiger partial charge is 0.349 e. The monoisotopic (exact) mass is 358 g/mol. The summed E-state index contributed by atoms with van der Waals surface area (Å²) in [6.07, 6.45) is 2.15. The predicted octanol–water partition coefficient (Wildman–Crippen LogP) is 4.00. The number of benzene rings is 3. The Labute approximate surface area is 158 Å². The number of hydrogen-bond acceptors (Lipinski definition) is 2. The standard InChI is InChI=1S/C23H22N2O2/c1-25(23(27)21-8-4-6-17-5-2-3-7-20(17)21)15-16-9-11-18(12-10-16)22(26)24-19-13-14-19/h2-12,19H,13-15H2,1H3,(H,24,26). The van der Waals surface area contributed by atoms with Crippen LogP contribution in [-0.2, 0) is 6.54 Å². The second kappa shape index (κ2) is 7.23. The summed E-state index contributed by atoms with van der Waals surface area (Å²) < 4.78 is 0. The Kier molecular flexibility index (Phi) is 4.63. The molecule has 136 valence electrons. The van der Waals surface area contributed by atoms with E-state index in [0.29, 0.717) is 23.7 Å². The lowest BCUT2D eigenvalue weighted by Gasteiger charge is -2.18. The van der Waals surface area contributed by atoms with Gasteiger partial charge in [-0.15, -0.1) is 0 Å². The lowest BCUT2D eigenvalue weighted by Crippen LogP contribution is -2.27. The molecule has 2 amide bonds. The third-order valence-electron chi connectivity index (χ3n) is 4.92. The van der Waals surface area contributed by atoms with E-state index < -0.39 is 0 Å². The molecule has 3 aromatic rings. The van der Waals surface area contributed by atoms with Gasteiger partial charge in [0.25, 0.3) is 11.8 Å². The molecular formula is C23H22N2O2. The maximum absolute atomic E-state index is 12.9. The van der Waals surface area contributed by atoms with Crippen molar-refractivity contribution < 1.29 is 9.59 Å². The van der Waals surface area contributed by atoms with Gasteiger partial charge in [-0.2, -0.15) is 0 Å². The number of rotatable bonds is 5. The van der Waals surface area contributed by atoms with Gasteiger partial charge < -0.3 is 10.2 Å². The molecule has 4 nitrogen and oxygen atoms in total. The zero-order chi connectivity index (χ0) is 18.8. The first-order valence-electron chi connectivity index (χ1n) is 9.25. The van der Waals surface area contributed by atoms with Crippen LogP contribution < -0.4 is 5.32 Å². The summed E-state index contributed by atoms with van der Waals surface area (Å²) in [4.78, 5) is 26.7. The fraction of sp³-hybridized carbons (Fsp3) is 0.217. The van der Waals surface area contributed by atoms with Crippen molar-refractivity contribution in [3.05, 3.63) is 83.4 Å². The Morgan fingerprint density at radius 2 is 1.67 bits per heavy atom. The molecule has 0 bridgehead atoms. The smallest absolute Gasteiger partial charge is 0.254 e. The highest BCUT2D eigenvalue weighted by Gasteiger charge is 2.23. The maximum Gasteiger partial charge on any atom is 0.254 e. The minimum atomic E-state index is -0.0239. The molecule has 0 aromatic heterocycles. The third kappa shape index (κ3) is 3.85. The van der Waals surface area contributed by atoms with E-state index in [1.54, 1.807) is 11.9 Å². The number of carbonyl (C=O) groups excluding carboxylic acids is 2. The summed E-state index contributed by atoms with van der Waals surface area (Å²) in [5.41, 5.74) is 2.36. The molecule has 4 heteroatoms. The normalized spacial score (nSPS) is 13.4. The van der Waals surface area contributed by atoms with Crippen LogP contribution in [0.1, 0.15) is 39.1 Å². The predicted molar refractivity (Wildman–Crippen MR) is 107 cm³/mol. The van der Waals surface area contributed by atoms with Gasteiger partial charge in [-0.25, -0.2) is 0 Å².